The highest BCUT2D eigenvalue weighted by Gasteiger charge is 2.25. The smallest absolute Gasteiger partial charge is 0.269 e. The molecular weight excluding hydrogens is 382 g/mol. The standard InChI is InChI=1S/C21H31N7O2/c1-13-17(29-15-6-4-3-5-7-15)11-10-16(24-13)19(22)20(28(2)23)26-21-25-18(30-27-21)12-14-8-9-14/h10-11,14-15H,3-9,12,22-23H2,1-2H3,(H,26,27)/b20-19-. The molecule has 2 fully saturated rings. The Morgan fingerprint density at radius 1 is 1.20 bits per heavy atom. The van der Waals surface area contributed by atoms with E-state index in [0.29, 0.717) is 35.0 Å². The maximum Gasteiger partial charge on any atom is 0.269 e. The summed E-state index contributed by atoms with van der Waals surface area (Å²) < 4.78 is 11.5. The number of pyridine rings is 1. The molecule has 0 atom stereocenters. The summed E-state index contributed by atoms with van der Waals surface area (Å²) in [7, 11) is 1.69. The molecule has 2 aliphatic rings. The molecule has 9 heteroatoms. The second-order valence-electron chi connectivity index (χ2n) is 8.32. The molecule has 0 saturated heterocycles. The SMILES string of the molecule is Cc1nc(/C(N)=C(\Nc2noc(CC3CC3)n2)N(C)N)ccc1OC1CCCCC1. The van der Waals surface area contributed by atoms with Gasteiger partial charge in [0.15, 0.2) is 0 Å². The quantitative estimate of drug-likeness (QED) is 0.442. The summed E-state index contributed by atoms with van der Waals surface area (Å²) in [6, 6.07) is 3.77. The Labute approximate surface area is 176 Å². The van der Waals surface area contributed by atoms with Crippen molar-refractivity contribution in [3.8, 4) is 5.75 Å². The molecule has 2 saturated carbocycles. The van der Waals surface area contributed by atoms with Gasteiger partial charge < -0.3 is 20.3 Å². The van der Waals surface area contributed by atoms with E-state index in [-0.39, 0.29) is 6.10 Å². The van der Waals surface area contributed by atoms with Gasteiger partial charge in [0.25, 0.3) is 5.95 Å². The van der Waals surface area contributed by atoms with Crippen molar-refractivity contribution in [2.75, 3.05) is 12.4 Å². The third kappa shape index (κ3) is 5.02. The van der Waals surface area contributed by atoms with Crippen LogP contribution in [-0.4, -0.2) is 33.3 Å². The van der Waals surface area contributed by atoms with Gasteiger partial charge in [-0.3, -0.25) is 5.01 Å². The van der Waals surface area contributed by atoms with Crippen molar-refractivity contribution in [2.45, 2.75) is 64.4 Å². The van der Waals surface area contributed by atoms with E-state index in [1.54, 1.807) is 7.05 Å². The lowest BCUT2D eigenvalue weighted by Crippen LogP contribution is -2.32. The summed E-state index contributed by atoms with van der Waals surface area (Å²) in [4.78, 5) is 9.03. The Balaban J connectivity index is 1.50. The van der Waals surface area contributed by atoms with E-state index in [1.807, 2.05) is 19.1 Å². The normalized spacial score (nSPS) is 18.1. The lowest BCUT2D eigenvalue weighted by Gasteiger charge is -2.24. The van der Waals surface area contributed by atoms with Crippen LogP contribution in [0.1, 0.15) is 62.2 Å². The van der Waals surface area contributed by atoms with Gasteiger partial charge in [-0.1, -0.05) is 6.42 Å². The largest absolute Gasteiger partial charge is 0.489 e. The van der Waals surface area contributed by atoms with Gasteiger partial charge in [0.05, 0.1) is 17.5 Å². The fourth-order valence-electron chi connectivity index (χ4n) is 3.72. The third-order valence-electron chi connectivity index (χ3n) is 5.63. The minimum absolute atomic E-state index is 0.272. The second-order valence-corrected chi connectivity index (χ2v) is 8.32. The molecule has 2 aliphatic carbocycles. The number of ether oxygens (including phenoxy) is 1. The first-order valence-corrected chi connectivity index (χ1v) is 10.7. The van der Waals surface area contributed by atoms with Crippen molar-refractivity contribution in [3.05, 3.63) is 35.2 Å². The van der Waals surface area contributed by atoms with Crippen LogP contribution in [0.4, 0.5) is 5.95 Å². The highest BCUT2D eigenvalue weighted by molar-refractivity contribution is 5.66. The monoisotopic (exact) mass is 413 g/mol. The number of aryl methyl sites for hydroxylation is 1. The first kappa shape index (κ1) is 20.5. The molecule has 0 bridgehead atoms. The third-order valence-corrected chi connectivity index (χ3v) is 5.63. The van der Waals surface area contributed by atoms with Crippen molar-refractivity contribution in [3.63, 3.8) is 0 Å². The second kappa shape index (κ2) is 8.91. The molecule has 0 aliphatic heterocycles. The number of hydrogen-bond acceptors (Lipinski definition) is 9. The van der Waals surface area contributed by atoms with Gasteiger partial charge in [-0.2, -0.15) is 4.98 Å². The van der Waals surface area contributed by atoms with E-state index in [0.717, 1.165) is 30.7 Å². The Kier molecular flexibility index (Phi) is 6.08. The van der Waals surface area contributed by atoms with Gasteiger partial charge in [-0.25, -0.2) is 10.8 Å². The summed E-state index contributed by atoms with van der Waals surface area (Å²) in [6.45, 7) is 1.93. The first-order valence-electron chi connectivity index (χ1n) is 10.7. The van der Waals surface area contributed by atoms with E-state index in [1.165, 1.54) is 37.1 Å². The molecule has 2 heterocycles. The van der Waals surface area contributed by atoms with Crippen LogP contribution >= 0.6 is 0 Å². The van der Waals surface area contributed by atoms with Crippen molar-refractivity contribution in [1.29, 1.82) is 0 Å². The van der Waals surface area contributed by atoms with Gasteiger partial charge in [-0.05, 0) is 68.7 Å². The minimum Gasteiger partial charge on any atom is -0.489 e. The zero-order valence-electron chi connectivity index (χ0n) is 17.7. The lowest BCUT2D eigenvalue weighted by molar-refractivity contribution is 0.153. The molecule has 2 aromatic rings. The molecule has 5 N–H and O–H groups in total. The van der Waals surface area contributed by atoms with Crippen LogP contribution in [0.3, 0.4) is 0 Å². The zero-order chi connectivity index (χ0) is 21.1. The number of nitrogens with one attached hydrogen (secondary N) is 1. The molecule has 4 rings (SSSR count). The number of aromatic nitrogens is 3. The van der Waals surface area contributed by atoms with Gasteiger partial charge in [0, 0.05) is 13.5 Å². The van der Waals surface area contributed by atoms with Crippen LogP contribution in [0.15, 0.2) is 22.5 Å². The molecule has 2 aromatic heterocycles. The molecule has 0 aromatic carbocycles. The predicted molar refractivity (Wildman–Crippen MR) is 114 cm³/mol. The van der Waals surface area contributed by atoms with Crippen molar-refractivity contribution in [2.24, 2.45) is 17.5 Å². The number of nitrogens with two attached hydrogens (primary N) is 2. The van der Waals surface area contributed by atoms with E-state index < -0.39 is 0 Å². The average molecular weight is 414 g/mol. The number of nitrogens with zero attached hydrogens (tertiary/aromatic N) is 4. The van der Waals surface area contributed by atoms with Gasteiger partial charge in [0.2, 0.25) is 5.89 Å². The number of anilines is 1. The molecule has 0 spiro atoms. The van der Waals surface area contributed by atoms with E-state index >= 15 is 0 Å². The van der Waals surface area contributed by atoms with Crippen molar-refractivity contribution < 1.29 is 9.26 Å². The zero-order valence-corrected chi connectivity index (χ0v) is 17.7. The van der Waals surface area contributed by atoms with Crippen molar-refractivity contribution >= 4 is 11.6 Å². The molecule has 0 radical (unpaired) electrons. The van der Waals surface area contributed by atoms with Crippen LogP contribution in [0, 0.1) is 12.8 Å². The number of hydrazine groups is 1. The lowest BCUT2D eigenvalue weighted by atomic mass is 9.98. The molecule has 162 valence electrons. The van der Waals surface area contributed by atoms with Crippen LogP contribution in [-0.2, 0) is 6.42 Å². The maximum atomic E-state index is 6.39. The van der Waals surface area contributed by atoms with Crippen LogP contribution in [0.25, 0.3) is 5.70 Å². The topological polar surface area (TPSA) is 128 Å². The van der Waals surface area contributed by atoms with E-state index in [9.17, 15) is 0 Å². The Bertz CT molecular complexity index is 899. The van der Waals surface area contributed by atoms with Crippen LogP contribution in [0.5, 0.6) is 5.75 Å². The van der Waals surface area contributed by atoms with Gasteiger partial charge in [0.1, 0.15) is 17.3 Å². The van der Waals surface area contributed by atoms with Crippen LogP contribution < -0.4 is 21.6 Å². The number of rotatable bonds is 8. The van der Waals surface area contributed by atoms with Crippen LogP contribution in [0.2, 0.25) is 0 Å². The molecule has 0 unspecified atom stereocenters. The van der Waals surface area contributed by atoms with E-state index in [4.69, 9.17) is 20.8 Å². The molecule has 0 amide bonds. The van der Waals surface area contributed by atoms with Gasteiger partial charge >= 0.3 is 0 Å². The molecular formula is C21H31N7O2. The number of hydrogen-bond donors (Lipinski definition) is 3. The molecule has 30 heavy (non-hydrogen) atoms. The highest BCUT2D eigenvalue weighted by atomic mass is 16.5. The Morgan fingerprint density at radius 3 is 2.63 bits per heavy atom. The predicted octanol–water partition coefficient (Wildman–Crippen LogP) is 2.94. The first-order chi connectivity index (χ1) is 14.5. The Hall–Kier alpha value is -2.81. The fraction of sp³-hybridized carbons (Fsp3) is 0.571. The van der Waals surface area contributed by atoms with Gasteiger partial charge in [-0.15, -0.1) is 0 Å². The molecule has 9 nitrogen and oxygen atoms in total. The summed E-state index contributed by atoms with van der Waals surface area (Å²) in [5.41, 5.74) is 8.18. The Morgan fingerprint density at radius 2 is 1.97 bits per heavy atom. The summed E-state index contributed by atoms with van der Waals surface area (Å²) in [6.07, 6.45) is 9.47. The highest BCUT2D eigenvalue weighted by Crippen LogP contribution is 2.32. The summed E-state index contributed by atoms with van der Waals surface area (Å²) >= 11 is 0. The van der Waals surface area contributed by atoms with Crippen molar-refractivity contribution in [1.82, 2.24) is 20.1 Å². The summed E-state index contributed by atoms with van der Waals surface area (Å²) in [5.74, 6) is 8.87. The fourth-order valence-corrected chi connectivity index (χ4v) is 3.72. The average Bonchev–Trinajstić information content (AvgIpc) is 3.44. The van der Waals surface area contributed by atoms with E-state index in [2.05, 4.69) is 20.4 Å². The maximum absolute atomic E-state index is 6.39. The minimum atomic E-state index is 0.272. The summed E-state index contributed by atoms with van der Waals surface area (Å²) in [5, 5.41) is 8.43.